The minimum absolute atomic E-state index is 0.0278. The number of carbonyl (C=O) groups excluding carboxylic acids is 1. The van der Waals surface area contributed by atoms with E-state index >= 15 is 0 Å². The molecule has 3 N–H and O–H groups in total. The van der Waals surface area contributed by atoms with Crippen molar-refractivity contribution < 1.29 is 4.79 Å². The zero-order valence-corrected chi connectivity index (χ0v) is 5.55. The third-order valence-corrected chi connectivity index (χ3v) is 1.66. The quantitative estimate of drug-likeness (QED) is 0.489. The van der Waals surface area contributed by atoms with Crippen LogP contribution in [0.15, 0.2) is 0 Å². The molecule has 3 heteroatoms. The van der Waals surface area contributed by atoms with Crippen molar-refractivity contribution in [3.05, 3.63) is 0 Å². The molecular weight excluding hydrogens is 116 g/mol. The summed E-state index contributed by atoms with van der Waals surface area (Å²) >= 11 is 0. The van der Waals surface area contributed by atoms with Crippen LogP contribution in [0.25, 0.3) is 0 Å². The summed E-state index contributed by atoms with van der Waals surface area (Å²) in [6, 6.07) is 0.207. The molecule has 0 bridgehead atoms. The van der Waals surface area contributed by atoms with Gasteiger partial charge >= 0.3 is 0 Å². The first kappa shape index (κ1) is 6.71. The van der Waals surface area contributed by atoms with E-state index in [4.69, 9.17) is 5.73 Å². The van der Waals surface area contributed by atoms with Crippen molar-refractivity contribution in [3.63, 3.8) is 0 Å². The van der Waals surface area contributed by atoms with E-state index in [9.17, 15) is 4.79 Å². The van der Waals surface area contributed by atoms with Crippen molar-refractivity contribution in [3.8, 4) is 0 Å². The molecule has 0 aliphatic carbocycles. The maximum atomic E-state index is 10.7. The first-order chi connectivity index (χ1) is 4.20. The molecule has 2 atom stereocenters. The molecule has 2 unspecified atom stereocenters. The number of ketones is 1. The Morgan fingerprint density at radius 1 is 1.78 bits per heavy atom. The summed E-state index contributed by atoms with van der Waals surface area (Å²) in [5.74, 6) is 0.197. The molecule has 1 aliphatic rings. The van der Waals surface area contributed by atoms with Crippen LogP contribution in [0, 0.1) is 0 Å². The van der Waals surface area contributed by atoms with Crippen LogP contribution in [0.2, 0.25) is 0 Å². The van der Waals surface area contributed by atoms with Crippen molar-refractivity contribution in [2.75, 3.05) is 6.54 Å². The molecule has 0 amide bonds. The standard InChI is InChI=1S/C6H12N2O/c1-4(9)6-2-5(7)3-8-6/h5-6,8H,2-3,7H2,1H3. The van der Waals surface area contributed by atoms with E-state index < -0.39 is 0 Å². The molecule has 1 saturated heterocycles. The van der Waals surface area contributed by atoms with E-state index in [0.29, 0.717) is 0 Å². The van der Waals surface area contributed by atoms with Crippen molar-refractivity contribution in [1.29, 1.82) is 0 Å². The highest BCUT2D eigenvalue weighted by atomic mass is 16.1. The van der Waals surface area contributed by atoms with Gasteiger partial charge in [-0.3, -0.25) is 4.79 Å². The Morgan fingerprint density at radius 2 is 2.44 bits per heavy atom. The van der Waals surface area contributed by atoms with E-state index in [0.717, 1.165) is 13.0 Å². The molecule has 9 heavy (non-hydrogen) atoms. The van der Waals surface area contributed by atoms with E-state index in [2.05, 4.69) is 5.32 Å². The third-order valence-electron chi connectivity index (χ3n) is 1.66. The van der Waals surface area contributed by atoms with Crippen LogP contribution in [0.5, 0.6) is 0 Å². The van der Waals surface area contributed by atoms with Crippen LogP contribution in [0.3, 0.4) is 0 Å². The van der Waals surface area contributed by atoms with Gasteiger partial charge in [0.2, 0.25) is 0 Å². The van der Waals surface area contributed by atoms with E-state index in [-0.39, 0.29) is 17.9 Å². The zero-order valence-electron chi connectivity index (χ0n) is 5.55. The van der Waals surface area contributed by atoms with E-state index in [1.165, 1.54) is 0 Å². The molecule has 52 valence electrons. The summed E-state index contributed by atoms with van der Waals surface area (Å²) in [6.45, 7) is 2.37. The first-order valence-corrected chi connectivity index (χ1v) is 3.19. The fraction of sp³-hybridized carbons (Fsp3) is 0.833. The van der Waals surface area contributed by atoms with Gasteiger partial charge in [0.05, 0.1) is 6.04 Å². The Kier molecular flexibility index (Phi) is 1.83. The number of hydrogen-bond donors (Lipinski definition) is 2. The first-order valence-electron chi connectivity index (χ1n) is 3.19. The Labute approximate surface area is 54.6 Å². The topological polar surface area (TPSA) is 55.1 Å². The average molecular weight is 128 g/mol. The lowest BCUT2D eigenvalue weighted by Gasteiger charge is -2.02. The second-order valence-electron chi connectivity index (χ2n) is 2.57. The number of nitrogens with one attached hydrogen (secondary N) is 1. The van der Waals surface area contributed by atoms with Gasteiger partial charge < -0.3 is 11.1 Å². The van der Waals surface area contributed by atoms with Crippen LogP contribution < -0.4 is 11.1 Å². The normalized spacial score (nSPS) is 34.9. The van der Waals surface area contributed by atoms with Crippen LogP contribution in [0.1, 0.15) is 13.3 Å². The highest BCUT2D eigenvalue weighted by Crippen LogP contribution is 2.03. The highest BCUT2D eigenvalue weighted by molar-refractivity contribution is 5.81. The maximum Gasteiger partial charge on any atom is 0.146 e. The predicted octanol–water partition coefficient (Wildman–Crippen LogP) is -0.735. The van der Waals surface area contributed by atoms with Crippen LogP contribution >= 0.6 is 0 Å². The molecule has 1 rings (SSSR count). The van der Waals surface area contributed by atoms with Crippen molar-refractivity contribution in [1.82, 2.24) is 5.32 Å². The number of carbonyl (C=O) groups is 1. The van der Waals surface area contributed by atoms with E-state index in [1.807, 2.05) is 0 Å². The van der Waals surface area contributed by atoms with Crippen molar-refractivity contribution in [2.45, 2.75) is 25.4 Å². The second kappa shape index (κ2) is 2.45. The lowest BCUT2D eigenvalue weighted by atomic mass is 10.1. The molecule has 0 spiro atoms. The summed E-state index contributed by atoms with van der Waals surface area (Å²) in [5, 5.41) is 3.03. The largest absolute Gasteiger partial charge is 0.326 e. The summed E-state index contributed by atoms with van der Waals surface area (Å²) in [4.78, 5) is 10.7. The summed E-state index contributed by atoms with van der Waals surface area (Å²) < 4.78 is 0. The van der Waals surface area contributed by atoms with Crippen LogP contribution in [0.4, 0.5) is 0 Å². The van der Waals surface area contributed by atoms with Gasteiger partial charge in [0.15, 0.2) is 0 Å². The van der Waals surface area contributed by atoms with Gasteiger partial charge in [-0.05, 0) is 13.3 Å². The smallest absolute Gasteiger partial charge is 0.146 e. The van der Waals surface area contributed by atoms with E-state index in [1.54, 1.807) is 6.92 Å². The van der Waals surface area contributed by atoms with Crippen LogP contribution in [-0.4, -0.2) is 24.4 Å². The fourth-order valence-electron chi connectivity index (χ4n) is 1.07. The van der Waals surface area contributed by atoms with Gasteiger partial charge in [-0.2, -0.15) is 0 Å². The Bertz CT molecular complexity index is 124. The summed E-state index contributed by atoms with van der Waals surface area (Å²) in [5.41, 5.74) is 5.55. The number of rotatable bonds is 1. The minimum atomic E-state index is 0.0278. The van der Waals surface area contributed by atoms with Crippen molar-refractivity contribution >= 4 is 5.78 Å². The molecule has 3 nitrogen and oxygen atoms in total. The minimum Gasteiger partial charge on any atom is -0.326 e. The Balaban J connectivity index is 2.39. The lowest BCUT2D eigenvalue weighted by Crippen LogP contribution is -2.28. The molecule has 0 saturated carbocycles. The van der Waals surface area contributed by atoms with Crippen molar-refractivity contribution in [2.24, 2.45) is 5.73 Å². The average Bonchev–Trinajstić information content (AvgIpc) is 2.14. The SMILES string of the molecule is CC(=O)C1CC(N)CN1. The Morgan fingerprint density at radius 3 is 2.67 bits per heavy atom. The summed E-state index contributed by atoms with van der Waals surface area (Å²) in [6.07, 6.45) is 0.801. The Hall–Kier alpha value is -0.410. The number of nitrogens with two attached hydrogens (primary N) is 1. The predicted molar refractivity (Wildman–Crippen MR) is 35.1 cm³/mol. The molecule has 1 aliphatic heterocycles. The lowest BCUT2D eigenvalue weighted by molar-refractivity contribution is -0.118. The third kappa shape index (κ3) is 1.50. The maximum absolute atomic E-state index is 10.7. The molecule has 0 radical (unpaired) electrons. The van der Waals surface area contributed by atoms with Gasteiger partial charge in [-0.1, -0.05) is 0 Å². The number of hydrogen-bond acceptors (Lipinski definition) is 3. The van der Waals surface area contributed by atoms with Crippen LogP contribution in [-0.2, 0) is 4.79 Å². The van der Waals surface area contributed by atoms with Gasteiger partial charge in [0.25, 0.3) is 0 Å². The highest BCUT2D eigenvalue weighted by Gasteiger charge is 2.23. The molecule has 0 aromatic heterocycles. The second-order valence-corrected chi connectivity index (χ2v) is 2.57. The van der Waals surface area contributed by atoms with Gasteiger partial charge in [-0.15, -0.1) is 0 Å². The molecule has 0 aromatic rings. The van der Waals surface area contributed by atoms with Gasteiger partial charge in [-0.25, -0.2) is 0 Å². The van der Waals surface area contributed by atoms with Gasteiger partial charge in [0, 0.05) is 12.6 Å². The molecular formula is C6H12N2O. The fourth-order valence-corrected chi connectivity index (χ4v) is 1.07. The molecule has 1 fully saturated rings. The number of Topliss-reactive ketones (excluding diaryl/α,β-unsaturated/α-hetero) is 1. The molecule has 1 heterocycles. The van der Waals surface area contributed by atoms with Gasteiger partial charge in [0.1, 0.15) is 5.78 Å². The summed E-state index contributed by atoms with van der Waals surface area (Å²) in [7, 11) is 0. The zero-order chi connectivity index (χ0) is 6.85. The monoisotopic (exact) mass is 128 g/mol. The molecule has 0 aromatic carbocycles.